The van der Waals surface area contributed by atoms with Crippen molar-refractivity contribution in [2.75, 3.05) is 27.3 Å². The molecule has 1 amide bonds. The lowest BCUT2D eigenvalue weighted by atomic mass is 10.1. The zero-order valence-corrected chi connectivity index (χ0v) is 12.6. The summed E-state index contributed by atoms with van der Waals surface area (Å²) in [6.45, 7) is 2.67. The minimum absolute atomic E-state index is 0.0544. The molecule has 0 saturated carbocycles. The van der Waals surface area contributed by atoms with E-state index in [1.165, 1.54) is 6.92 Å². The molecule has 1 rings (SSSR count). The largest absolute Gasteiger partial charge is 0.497 e. The second-order valence-electron chi connectivity index (χ2n) is 4.46. The molecule has 0 radical (unpaired) electrons. The summed E-state index contributed by atoms with van der Waals surface area (Å²) in [7, 11) is 3.14. The molecular formula is C15H21N3O3. The fraction of sp³-hybridized carbons (Fsp3) is 0.467. The van der Waals surface area contributed by atoms with Gasteiger partial charge in [-0.05, 0) is 31.2 Å². The van der Waals surface area contributed by atoms with Gasteiger partial charge in [-0.25, -0.2) is 0 Å². The van der Waals surface area contributed by atoms with E-state index in [-0.39, 0.29) is 5.91 Å². The number of hydrogen-bond donors (Lipinski definition) is 2. The molecule has 0 aliphatic rings. The molecule has 0 aromatic heterocycles. The van der Waals surface area contributed by atoms with Crippen molar-refractivity contribution < 1.29 is 14.3 Å². The molecule has 1 aromatic rings. The summed E-state index contributed by atoms with van der Waals surface area (Å²) >= 11 is 0. The van der Waals surface area contributed by atoms with E-state index in [0.717, 1.165) is 12.0 Å². The molecule has 0 spiro atoms. The maximum atomic E-state index is 10.8. The van der Waals surface area contributed by atoms with Crippen molar-refractivity contribution in [3.8, 4) is 17.6 Å². The molecule has 0 aliphatic carbocycles. The predicted molar refractivity (Wildman–Crippen MR) is 79.2 cm³/mol. The van der Waals surface area contributed by atoms with Crippen LogP contribution in [0.4, 0.5) is 0 Å². The Morgan fingerprint density at radius 2 is 2.10 bits per heavy atom. The second-order valence-corrected chi connectivity index (χ2v) is 4.46. The van der Waals surface area contributed by atoms with E-state index in [0.29, 0.717) is 24.6 Å². The molecule has 1 aromatic carbocycles. The number of rotatable bonds is 8. The average molecular weight is 291 g/mol. The van der Waals surface area contributed by atoms with Gasteiger partial charge in [0.1, 0.15) is 17.5 Å². The molecule has 2 N–H and O–H groups in total. The van der Waals surface area contributed by atoms with Crippen LogP contribution in [0.5, 0.6) is 11.5 Å². The number of nitrogens with zero attached hydrogens (tertiary/aromatic N) is 1. The number of nitrogens with one attached hydrogen (secondary N) is 2. The maximum Gasteiger partial charge on any atom is 0.216 e. The minimum Gasteiger partial charge on any atom is -0.497 e. The first-order chi connectivity index (χ1) is 10.1. The first-order valence-corrected chi connectivity index (χ1v) is 6.71. The molecule has 6 heteroatoms. The Labute approximate surface area is 125 Å². The van der Waals surface area contributed by atoms with E-state index >= 15 is 0 Å². The fourth-order valence-electron chi connectivity index (χ4n) is 1.89. The van der Waals surface area contributed by atoms with Gasteiger partial charge in [-0.15, -0.1) is 0 Å². The normalized spacial score (nSPS) is 11.3. The Balaban J connectivity index is 2.67. The van der Waals surface area contributed by atoms with Crippen LogP contribution < -0.4 is 20.1 Å². The van der Waals surface area contributed by atoms with E-state index in [1.54, 1.807) is 32.4 Å². The average Bonchev–Trinajstić information content (AvgIpc) is 2.50. The van der Waals surface area contributed by atoms with Gasteiger partial charge in [0.05, 0.1) is 20.3 Å². The molecule has 1 unspecified atom stereocenters. The lowest BCUT2D eigenvalue weighted by molar-refractivity contribution is -0.118. The van der Waals surface area contributed by atoms with Gasteiger partial charge in [-0.1, -0.05) is 0 Å². The molecule has 6 nitrogen and oxygen atoms in total. The number of carbonyl (C=O) groups is 1. The number of nitriles is 1. The highest BCUT2D eigenvalue weighted by Crippen LogP contribution is 2.29. The van der Waals surface area contributed by atoms with E-state index in [9.17, 15) is 10.1 Å². The van der Waals surface area contributed by atoms with Crippen LogP contribution in [-0.2, 0) is 4.79 Å². The van der Waals surface area contributed by atoms with Crippen LogP contribution in [-0.4, -0.2) is 33.2 Å². The van der Waals surface area contributed by atoms with Crippen molar-refractivity contribution in [2.45, 2.75) is 19.4 Å². The smallest absolute Gasteiger partial charge is 0.216 e. The third-order valence-corrected chi connectivity index (χ3v) is 2.95. The summed E-state index contributed by atoms with van der Waals surface area (Å²) < 4.78 is 10.5. The van der Waals surface area contributed by atoms with Crippen LogP contribution in [0.15, 0.2) is 18.2 Å². The molecule has 0 bridgehead atoms. The SMILES string of the molecule is COc1ccc(OC)c(C(C#N)NCCCNC(C)=O)c1. The summed E-state index contributed by atoms with van der Waals surface area (Å²) in [5.41, 5.74) is 0.735. The number of ether oxygens (including phenoxy) is 2. The van der Waals surface area contributed by atoms with Crippen molar-refractivity contribution in [1.82, 2.24) is 10.6 Å². The van der Waals surface area contributed by atoms with E-state index in [2.05, 4.69) is 16.7 Å². The Bertz CT molecular complexity index is 511. The van der Waals surface area contributed by atoms with Crippen molar-refractivity contribution in [3.63, 3.8) is 0 Å². The van der Waals surface area contributed by atoms with Crippen molar-refractivity contribution in [3.05, 3.63) is 23.8 Å². The zero-order valence-electron chi connectivity index (χ0n) is 12.6. The van der Waals surface area contributed by atoms with Gasteiger partial charge >= 0.3 is 0 Å². The standard InChI is InChI=1S/C15H21N3O3/c1-11(19)17-7-4-8-18-14(10-16)13-9-12(20-2)5-6-15(13)21-3/h5-6,9,14,18H,4,7-8H2,1-3H3,(H,17,19). The van der Waals surface area contributed by atoms with Crippen LogP contribution in [0.2, 0.25) is 0 Å². The van der Waals surface area contributed by atoms with Gasteiger partial charge in [0.2, 0.25) is 5.91 Å². The Morgan fingerprint density at radius 1 is 1.33 bits per heavy atom. The second kappa shape index (κ2) is 8.82. The summed E-state index contributed by atoms with van der Waals surface area (Å²) in [4.78, 5) is 10.8. The summed E-state index contributed by atoms with van der Waals surface area (Å²) in [5.74, 6) is 1.25. The Kier molecular flexibility index (Phi) is 7.05. The maximum absolute atomic E-state index is 10.8. The summed E-state index contributed by atoms with van der Waals surface area (Å²) in [6.07, 6.45) is 0.740. The van der Waals surface area contributed by atoms with Gasteiger partial charge in [0.15, 0.2) is 0 Å². The number of carbonyl (C=O) groups excluding carboxylic acids is 1. The van der Waals surface area contributed by atoms with Crippen molar-refractivity contribution in [1.29, 1.82) is 5.26 Å². The van der Waals surface area contributed by atoms with Crippen LogP contribution in [0, 0.1) is 11.3 Å². The van der Waals surface area contributed by atoms with E-state index in [4.69, 9.17) is 9.47 Å². The lowest BCUT2D eigenvalue weighted by Gasteiger charge is -2.16. The zero-order chi connectivity index (χ0) is 15.7. The van der Waals surface area contributed by atoms with Crippen molar-refractivity contribution >= 4 is 5.91 Å². The molecule has 21 heavy (non-hydrogen) atoms. The van der Waals surface area contributed by atoms with Gasteiger partial charge in [-0.3, -0.25) is 10.1 Å². The number of hydrogen-bond acceptors (Lipinski definition) is 5. The van der Waals surface area contributed by atoms with Gasteiger partial charge < -0.3 is 14.8 Å². The van der Waals surface area contributed by atoms with E-state index < -0.39 is 6.04 Å². The first kappa shape index (κ1) is 16.8. The van der Waals surface area contributed by atoms with Crippen LogP contribution >= 0.6 is 0 Å². The lowest BCUT2D eigenvalue weighted by Crippen LogP contribution is -2.27. The molecule has 114 valence electrons. The molecule has 0 heterocycles. The van der Waals surface area contributed by atoms with Gasteiger partial charge in [0, 0.05) is 19.0 Å². The Morgan fingerprint density at radius 3 is 2.67 bits per heavy atom. The fourth-order valence-corrected chi connectivity index (χ4v) is 1.89. The third-order valence-electron chi connectivity index (χ3n) is 2.95. The van der Waals surface area contributed by atoms with Gasteiger partial charge in [0.25, 0.3) is 0 Å². The molecule has 0 saturated heterocycles. The molecular weight excluding hydrogens is 270 g/mol. The van der Waals surface area contributed by atoms with Crippen LogP contribution in [0.3, 0.4) is 0 Å². The summed E-state index contributed by atoms with van der Waals surface area (Å²) in [6, 6.07) is 7.06. The number of methoxy groups -OCH3 is 2. The van der Waals surface area contributed by atoms with Gasteiger partial charge in [-0.2, -0.15) is 5.26 Å². The Hall–Kier alpha value is -2.26. The van der Waals surface area contributed by atoms with E-state index in [1.807, 2.05) is 0 Å². The number of benzene rings is 1. The van der Waals surface area contributed by atoms with Crippen LogP contribution in [0.1, 0.15) is 24.9 Å². The highest BCUT2D eigenvalue weighted by Gasteiger charge is 2.16. The first-order valence-electron chi connectivity index (χ1n) is 6.71. The topological polar surface area (TPSA) is 83.4 Å². The molecule has 0 aliphatic heterocycles. The number of amides is 1. The highest BCUT2D eigenvalue weighted by atomic mass is 16.5. The predicted octanol–water partition coefficient (Wildman–Crippen LogP) is 1.38. The van der Waals surface area contributed by atoms with Crippen LogP contribution in [0.25, 0.3) is 0 Å². The molecule has 1 atom stereocenters. The summed E-state index contributed by atoms with van der Waals surface area (Å²) in [5, 5.41) is 15.2. The van der Waals surface area contributed by atoms with Crippen molar-refractivity contribution in [2.24, 2.45) is 0 Å². The molecule has 0 fully saturated rings. The monoisotopic (exact) mass is 291 g/mol. The quantitative estimate of drug-likeness (QED) is 0.707. The minimum atomic E-state index is -0.493. The third kappa shape index (κ3) is 5.32. The highest BCUT2D eigenvalue weighted by molar-refractivity contribution is 5.72.